The van der Waals surface area contributed by atoms with Gasteiger partial charge in [-0.05, 0) is 40.5 Å². The lowest BCUT2D eigenvalue weighted by atomic mass is 10.0. The summed E-state index contributed by atoms with van der Waals surface area (Å²) < 4.78 is 0.834. The SMILES string of the molecule is CC(C(=O)O)c1cc(Br)c2[nH]ncc2c1. The van der Waals surface area contributed by atoms with Crippen LogP contribution in [0.25, 0.3) is 10.9 Å². The largest absolute Gasteiger partial charge is 0.481 e. The molecule has 0 bridgehead atoms. The first-order chi connectivity index (χ1) is 7.09. The first-order valence-corrected chi connectivity index (χ1v) is 5.24. The third-order valence-electron chi connectivity index (χ3n) is 2.39. The number of hydrogen-bond acceptors (Lipinski definition) is 2. The number of aromatic amines is 1. The molecule has 1 aromatic carbocycles. The molecule has 78 valence electrons. The van der Waals surface area contributed by atoms with Gasteiger partial charge in [-0.3, -0.25) is 9.89 Å². The number of carboxylic acids is 1. The normalized spacial score (nSPS) is 12.9. The number of rotatable bonds is 2. The molecule has 0 fully saturated rings. The van der Waals surface area contributed by atoms with Gasteiger partial charge in [0.05, 0.1) is 17.6 Å². The third-order valence-corrected chi connectivity index (χ3v) is 3.02. The van der Waals surface area contributed by atoms with Gasteiger partial charge in [0.2, 0.25) is 0 Å². The maximum atomic E-state index is 10.8. The lowest BCUT2D eigenvalue weighted by Gasteiger charge is -2.07. The Kier molecular flexibility index (Phi) is 2.48. The van der Waals surface area contributed by atoms with Gasteiger partial charge in [-0.2, -0.15) is 5.10 Å². The Labute approximate surface area is 94.4 Å². The summed E-state index contributed by atoms with van der Waals surface area (Å²) in [7, 11) is 0. The van der Waals surface area contributed by atoms with E-state index in [0.717, 1.165) is 20.9 Å². The molecule has 1 aromatic heterocycles. The maximum Gasteiger partial charge on any atom is 0.310 e. The van der Waals surface area contributed by atoms with Crippen molar-refractivity contribution in [3.05, 3.63) is 28.4 Å². The zero-order valence-electron chi connectivity index (χ0n) is 7.99. The van der Waals surface area contributed by atoms with Crippen molar-refractivity contribution in [2.45, 2.75) is 12.8 Å². The minimum absolute atomic E-state index is 0.513. The molecular weight excluding hydrogens is 260 g/mol. The van der Waals surface area contributed by atoms with Crippen LogP contribution in [-0.4, -0.2) is 21.3 Å². The molecule has 2 rings (SSSR count). The number of carboxylic acid groups (broad SMARTS) is 1. The molecular formula is C10H9BrN2O2. The Hall–Kier alpha value is -1.36. The topological polar surface area (TPSA) is 66.0 Å². The molecule has 15 heavy (non-hydrogen) atoms. The van der Waals surface area contributed by atoms with Gasteiger partial charge in [0.15, 0.2) is 0 Å². The Morgan fingerprint density at radius 3 is 3.00 bits per heavy atom. The fraction of sp³-hybridized carbons (Fsp3) is 0.200. The van der Waals surface area contributed by atoms with Crippen LogP contribution < -0.4 is 0 Å². The minimum Gasteiger partial charge on any atom is -0.481 e. The molecule has 2 aromatic rings. The van der Waals surface area contributed by atoms with Gasteiger partial charge in [0.1, 0.15) is 0 Å². The first kappa shape index (κ1) is 10.2. The number of nitrogens with zero attached hydrogens (tertiary/aromatic N) is 1. The fourth-order valence-electron chi connectivity index (χ4n) is 1.43. The molecule has 0 radical (unpaired) electrons. The van der Waals surface area contributed by atoms with E-state index >= 15 is 0 Å². The van der Waals surface area contributed by atoms with Gasteiger partial charge >= 0.3 is 5.97 Å². The van der Waals surface area contributed by atoms with E-state index in [1.54, 1.807) is 19.2 Å². The van der Waals surface area contributed by atoms with E-state index in [-0.39, 0.29) is 0 Å². The summed E-state index contributed by atoms with van der Waals surface area (Å²) in [6.45, 7) is 1.66. The molecule has 1 unspecified atom stereocenters. The molecule has 0 amide bonds. The number of nitrogens with one attached hydrogen (secondary N) is 1. The predicted octanol–water partition coefficient (Wildman–Crippen LogP) is 2.51. The number of halogens is 1. The predicted molar refractivity (Wildman–Crippen MR) is 59.8 cm³/mol. The summed E-state index contributed by atoms with van der Waals surface area (Å²) in [6, 6.07) is 3.64. The van der Waals surface area contributed by atoms with E-state index in [9.17, 15) is 4.79 Å². The van der Waals surface area contributed by atoms with Crippen LogP contribution in [0, 0.1) is 0 Å². The second-order valence-corrected chi connectivity index (χ2v) is 4.25. The molecule has 5 heteroatoms. The van der Waals surface area contributed by atoms with Crippen LogP contribution in [0.5, 0.6) is 0 Å². The number of aliphatic carboxylic acids is 1. The number of benzene rings is 1. The summed E-state index contributed by atoms with van der Waals surface area (Å²) in [6.07, 6.45) is 1.68. The van der Waals surface area contributed by atoms with Crippen LogP contribution in [-0.2, 0) is 4.79 Å². The summed E-state index contributed by atoms with van der Waals surface area (Å²) in [5.74, 6) is -1.34. The Balaban J connectivity index is 2.58. The quantitative estimate of drug-likeness (QED) is 0.880. The molecule has 0 saturated carbocycles. The van der Waals surface area contributed by atoms with Crippen molar-refractivity contribution < 1.29 is 9.90 Å². The second-order valence-electron chi connectivity index (χ2n) is 3.40. The van der Waals surface area contributed by atoms with Crippen molar-refractivity contribution in [2.24, 2.45) is 0 Å². The number of H-pyrrole nitrogens is 1. The summed E-state index contributed by atoms with van der Waals surface area (Å²) in [5, 5.41) is 16.6. The van der Waals surface area contributed by atoms with E-state index in [2.05, 4.69) is 26.1 Å². The van der Waals surface area contributed by atoms with Gasteiger partial charge < -0.3 is 5.11 Å². The van der Waals surface area contributed by atoms with E-state index in [4.69, 9.17) is 5.11 Å². The van der Waals surface area contributed by atoms with E-state index < -0.39 is 11.9 Å². The van der Waals surface area contributed by atoms with Crippen LogP contribution >= 0.6 is 15.9 Å². The van der Waals surface area contributed by atoms with Crippen LogP contribution in [0.1, 0.15) is 18.4 Å². The Morgan fingerprint density at radius 1 is 1.60 bits per heavy atom. The number of hydrogen-bond donors (Lipinski definition) is 2. The molecule has 2 N–H and O–H groups in total. The minimum atomic E-state index is -0.829. The standard InChI is InChI=1S/C10H9BrN2O2/c1-5(10(14)15)6-2-7-4-12-13-9(7)8(11)3-6/h2-5H,1H3,(H,12,13)(H,14,15). The molecule has 0 aliphatic rings. The molecule has 1 heterocycles. The lowest BCUT2D eigenvalue weighted by Crippen LogP contribution is -2.07. The summed E-state index contributed by atoms with van der Waals surface area (Å²) in [5.41, 5.74) is 1.65. The highest BCUT2D eigenvalue weighted by Gasteiger charge is 2.15. The monoisotopic (exact) mass is 268 g/mol. The van der Waals surface area contributed by atoms with Gasteiger partial charge in [-0.25, -0.2) is 0 Å². The smallest absolute Gasteiger partial charge is 0.310 e. The van der Waals surface area contributed by atoms with Crippen molar-refractivity contribution in [2.75, 3.05) is 0 Å². The molecule has 0 spiro atoms. The van der Waals surface area contributed by atoms with Gasteiger partial charge in [0, 0.05) is 9.86 Å². The Morgan fingerprint density at radius 2 is 2.33 bits per heavy atom. The Bertz CT molecular complexity index is 521. The lowest BCUT2D eigenvalue weighted by molar-refractivity contribution is -0.138. The van der Waals surface area contributed by atoms with Crippen LogP contribution in [0.4, 0.5) is 0 Å². The van der Waals surface area contributed by atoms with Crippen LogP contribution in [0.2, 0.25) is 0 Å². The van der Waals surface area contributed by atoms with E-state index in [1.165, 1.54) is 0 Å². The van der Waals surface area contributed by atoms with Crippen molar-refractivity contribution >= 4 is 32.8 Å². The van der Waals surface area contributed by atoms with Gasteiger partial charge in [-0.15, -0.1) is 0 Å². The number of fused-ring (bicyclic) bond motifs is 1. The van der Waals surface area contributed by atoms with Crippen molar-refractivity contribution in [1.29, 1.82) is 0 Å². The zero-order valence-corrected chi connectivity index (χ0v) is 9.58. The second kappa shape index (κ2) is 3.66. The number of carbonyl (C=O) groups is 1. The van der Waals surface area contributed by atoms with Crippen molar-refractivity contribution in [3.8, 4) is 0 Å². The van der Waals surface area contributed by atoms with Gasteiger partial charge in [0.25, 0.3) is 0 Å². The third kappa shape index (κ3) is 1.74. The van der Waals surface area contributed by atoms with E-state index in [0.29, 0.717) is 0 Å². The molecule has 0 aliphatic carbocycles. The van der Waals surface area contributed by atoms with Crippen molar-refractivity contribution in [1.82, 2.24) is 10.2 Å². The molecule has 1 atom stereocenters. The van der Waals surface area contributed by atoms with Gasteiger partial charge in [-0.1, -0.05) is 0 Å². The highest BCUT2D eigenvalue weighted by molar-refractivity contribution is 9.10. The van der Waals surface area contributed by atoms with Crippen LogP contribution in [0.3, 0.4) is 0 Å². The molecule has 0 aliphatic heterocycles. The maximum absolute atomic E-state index is 10.8. The average Bonchev–Trinajstić information content (AvgIpc) is 2.64. The summed E-state index contributed by atoms with van der Waals surface area (Å²) in [4.78, 5) is 10.8. The molecule has 0 saturated heterocycles. The molecule has 4 nitrogen and oxygen atoms in total. The first-order valence-electron chi connectivity index (χ1n) is 4.45. The van der Waals surface area contributed by atoms with Crippen LogP contribution in [0.15, 0.2) is 22.8 Å². The highest BCUT2D eigenvalue weighted by Crippen LogP contribution is 2.27. The summed E-state index contributed by atoms with van der Waals surface area (Å²) >= 11 is 3.38. The van der Waals surface area contributed by atoms with E-state index in [1.807, 2.05) is 6.07 Å². The fourth-order valence-corrected chi connectivity index (χ4v) is 2.01. The zero-order chi connectivity index (χ0) is 11.0. The van der Waals surface area contributed by atoms with Crippen molar-refractivity contribution in [3.63, 3.8) is 0 Å². The average molecular weight is 269 g/mol. The highest BCUT2D eigenvalue weighted by atomic mass is 79.9. The number of aromatic nitrogens is 2.